The normalized spacial score (nSPS) is 14.5. The fourth-order valence-electron chi connectivity index (χ4n) is 5.22. The van der Waals surface area contributed by atoms with Crippen molar-refractivity contribution in [1.82, 2.24) is 10.2 Å². The molecule has 230 valence electrons. The molecule has 11 heteroatoms. The SMILES string of the molecule is CC[C@H](C(=O)NC1CCCCC1)N(Cc1ccc(Cl)c(Cl)c1)C(=O)CN(c1ccc(Oc2ccccc2)cc1)S(C)(=O)=O. The first kappa shape index (κ1) is 32.6. The Bertz CT molecular complexity index is 1500. The van der Waals surface area contributed by atoms with Gasteiger partial charge in [-0.15, -0.1) is 0 Å². The lowest BCUT2D eigenvalue weighted by Gasteiger charge is -2.34. The molecule has 0 heterocycles. The van der Waals surface area contributed by atoms with Gasteiger partial charge >= 0.3 is 0 Å². The lowest BCUT2D eigenvalue weighted by atomic mass is 9.95. The van der Waals surface area contributed by atoms with E-state index < -0.39 is 28.5 Å². The maximum Gasteiger partial charge on any atom is 0.244 e. The van der Waals surface area contributed by atoms with E-state index in [2.05, 4.69) is 5.32 Å². The van der Waals surface area contributed by atoms with Gasteiger partial charge in [-0.2, -0.15) is 0 Å². The molecule has 8 nitrogen and oxygen atoms in total. The lowest BCUT2D eigenvalue weighted by Crippen LogP contribution is -2.53. The highest BCUT2D eigenvalue weighted by atomic mass is 35.5. The molecule has 1 atom stereocenters. The van der Waals surface area contributed by atoms with E-state index in [-0.39, 0.29) is 18.5 Å². The van der Waals surface area contributed by atoms with Gasteiger partial charge in [-0.05, 0) is 73.4 Å². The van der Waals surface area contributed by atoms with Crippen molar-refractivity contribution in [2.45, 2.75) is 64.1 Å². The largest absolute Gasteiger partial charge is 0.457 e. The summed E-state index contributed by atoms with van der Waals surface area (Å²) in [5.41, 5.74) is 0.963. The van der Waals surface area contributed by atoms with Crippen LogP contribution in [0.1, 0.15) is 51.0 Å². The summed E-state index contributed by atoms with van der Waals surface area (Å²) >= 11 is 12.4. The molecular weight excluding hydrogens is 609 g/mol. The third-order valence-corrected chi connectivity index (χ3v) is 9.34. The molecule has 0 aromatic heterocycles. The molecule has 1 aliphatic rings. The van der Waals surface area contributed by atoms with Crippen molar-refractivity contribution in [1.29, 1.82) is 0 Å². The monoisotopic (exact) mass is 645 g/mol. The van der Waals surface area contributed by atoms with Crippen molar-refractivity contribution in [2.24, 2.45) is 0 Å². The first-order chi connectivity index (χ1) is 20.5. The molecule has 4 rings (SSSR count). The molecule has 1 N–H and O–H groups in total. The maximum absolute atomic E-state index is 14.0. The van der Waals surface area contributed by atoms with Gasteiger partial charge < -0.3 is 15.0 Å². The second-order valence-electron chi connectivity index (χ2n) is 10.7. The first-order valence-corrected chi connectivity index (χ1v) is 17.0. The van der Waals surface area contributed by atoms with Gasteiger partial charge in [0, 0.05) is 12.6 Å². The molecule has 1 aliphatic carbocycles. The number of sulfonamides is 1. The Morgan fingerprint density at radius 1 is 0.930 bits per heavy atom. The Kier molecular flexibility index (Phi) is 11.3. The van der Waals surface area contributed by atoms with Crippen LogP contribution in [-0.2, 0) is 26.2 Å². The van der Waals surface area contributed by atoms with Gasteiger partial charge in [-0.3, -0.25) is 13.9 Å². The van der Waals surface area contributed by atoms with Gasteiger partial charge in [-0.1, -0.05) is 73.7 Å². The number of nitrogens with one attached hydrogen (secondary N) is 1. The summed E-state index contributed by atoms with van der Waals surface area (Å²) in [4.78, 5) is 29.0. The summed E-state index contributed by atoms with van der Waals surface area (Å²) in [6.07, 6.45) is 6.43. The smallest absolute Gasteiger partial charge is 0.244 e. The third kappa shape index (κ3) is 9.11. The first-order valence-electron chi connectivity index (χ1n) is 14.4. The van der Waals surface area contributed by atoms with E-state index in [1.807, 2.05) is 37.3 Å². The minimum absolute atomic E-state index is 0.0494. The van der Waals surface area contributed by atoms with Gasteiger partial charge in [0.1, 0.15) is 24.1 Å². The predicted molar refractivity (Wildman–Crippen MR) is 171 cm³/mol. The second kappa shape index (κ2) is 14.9. The fourth-order valence-corrected chi connectivity index (χ4v) is 6.39. The Morgan fingerprint density at radius 2 is 1.58 bits per heavy atom. The standard InChI is InChI=1S/C32H37Cl2N3O5S/c1-3-30(32(39)35-24-10-6-4-7-11-24)36(21-23-14-19-28(33)29(34)20-23)31(38)22-37(43(2,40)41)25-15-17-27(18-16-25)42-26-12-8-5-9-13-26/h5,8-9,12-20,24,30H,3-4,6-7,10-11,21-22H2,1-2H3,(H,35,39)/t30-/m1/s1. The van der Waals surface area contributed by atoms with E-state index in [0.717, 1.165) is 42.7 Å². The molecule has 0 spiro atoms. The van der Waals surface area contributed by atoms with Crippen molar-refractivity contribution < 1.29 is 22.7 Å². The number of nitrogens with zero attached hydrogens (tertiary/aromatic N) is 2. The molecule has 0 bridgehead atoms. The van der Waals surface area contributed by atoms with E-state index in [0.29, 0.717) is 39.2 Å². The van der Waals surface area contributed by atoms with Crippen molar-refractivity contribution in [2.75, 3.05) is 17.1 Å². The summed E-state index contributed by atoms with van der Waals surface area (Å²) in [5.74, 6) is 0.379. The molecule has 0 unspecified atom stereocenters. The molecule has 0 aliphatic heterocycles. The molecule has 1 saturated carbocycles. The number of halogens is 2. The van der Waals surface area contributed by atoms with Crippen LogP contribution in [0.2, 0.25) is 10.0 Å². The van der Waals surface area contributed by atoms with Crippen LogP contribution in [0.15, 0.2) is 72.8 Å². The number of ether oxygens (including phenoxy) is 1. The van der Waals surface area contributed by atoms with Crippen molar-refractivity contribution in [3.05, 3.63) is 88.4 Å². The summed E-state index contributed by atoms with van der Waals surface area (Å²) in [5, 5.41) is 3.82. The molecule has 2 amide bonds. The zero-order valence-corrected chi connectivity index (χ0v) is 26.7. The van der Waals surface area contributed by atoms with Crippen LogP contribution in [0.3, 0.4) is 0 Å². The number of rotatable bonds is 12. The van der Waals surface area contributed by atoms with Gasteiger partial charge in [-0.25, -0.2) is 8.42 Å². The summed E-state index contributed by atoms with van der Waals surface area (Å²) in [6.45, 7) is 1.39. The number of para-hydroxylation sites is 1. The summed E-state index contributed by atoms with van der Waals surface area (Å²) in [7, 11) is -3.87. The Morgan fingerprint density at radius 3 is 2.19 bits per heavy atom. The molecule has 3 aromatic carbocycles. The van der Waals surface area contributed by atoms with Gasteiger partial charge in [0.25, 0.3) is 0 Å². The van der Waals surface area contributed by atoms with Crippen LogP contribution in [0, 0.1) is 0 Å². The zero-order valence-electron chi connectivity index (χ0n) is 24.3. The number of hydrogen-bond donors (Lipinski definition) is 1. The zero-order chi connectivity index (χ0) is 31.0. The van der Waals surface area contributed by atoms with Gasteiger partial charge in [0.2, 0.25) is 21.8 Å². The highest BCUT2D eigenvalue weighted by Gasteiger charge is 2.33. The Hall–Kier alpha value is -3.27. The van der Waals surface area contributed by atoms with Crippen LogP contribution >= 0.6 is 23.2 Å². The number of amides is 2. The van der Waals surface area contributed by atoms with E-state index in [9.17, 15) is 18.0 Å². The van der Waals surface area contributed by atoms with Crippen molar-refractivity contribution in [3.63, 3.8) is 0 Å². The van der Waals surface area contributed by atoms with Crippen molar-refractivity contribution in [3.8, 4) is 11.5 Å². The minimum Gasteiger partial charge on any atom is -0.457 e. The average Bonchev–Trinajstić information content (AvgIpc) is 2.98. The van der Waals surface area contributed by atoms with Crippen LogP contribution < -0.4 is 14.4 Å². The van der Waals surface area contributed by atoms with Gasteiger partial charge in [0.15, 0.2) is 0 Å². The van der Waals surface area contributed by atoms with Crippen LogP contribution in [0.5, 0.6) is 11.5 Å². The molecular formula is C32H37Cl2N3O5S. The molecule has 0 radical (unpaired) electrons. The summed E-state index contributed by atoms with van der Waals surface area (Å²) < 4.78 is 32.8. The third-order valence-electron chi connectivity index (χ3n) is 7.46. The number of carbonyl (C=O) groups is 2. The van der Waals surface area contributed by atoms with E-state index in [1.165, 1.54) is 4.90 Å². The minimum atomic E-state index is -3.87. The number of benzene rings is 3. The molecule has 43 heavy (non-hydrogen) atoms. The van der Waals surface area contributed by atoms with Gasteiger partial charge in [0.05, 0.1) is 22.0 Å². The topological polar surface area (TPSA) is 96.0 Å². The predicted octanol–water partition coefficient (Wildman–Crippen LogP) is 6.81. The van der Waals surface area contributed by atoms with E-state index in [1.54, 1.807) is 42.5 Å². The Balaban J connectivity index is 1.59. The molecule has 3 aromatic rings. The number of hydrogen-bond acceptors (Lipinski definition) is 5. The number of anilines is 1. The van der Waals surface area contributed by atoms with Crippen LogP contribution in [0.25, 0.3) is 0 Å². The van der Waals surface area contributed by atoms with E-state index >= 15 is 0 Å². The second-order valence-corrected chi connectivity index (χ2v) is 13.4. The fraction of sp³-hybridized carbons (Fsp3) is 0.375. The highest BCUT2D eigenvalue weighted by molar-refractivity contribution is 7.92. The number of carbonyl (C=O) groups excluding carboxylic acids is 2. The average molecular weight is 647 g/mol. The molecule has 0 saturated heterocycles. The van der Waals surface area contributed by atoms with Crippen molar-refractivity contribution >= 4 is 50.7 Å². The lowest BCUT2D eigenvalue weighted by molar-refractivity contribution is -0.140. The molecule has 1 fully saturated rings. The highest BCUT2D eigenvalue weighted by Crippen LogP contribution is 2.27. The maximum atomic E-state index is 14.0. The van der Waals surface area contributed by atoms with Crippen LogP contribution in [-0.4, -0.2) is 50.0 Å². The quantitative estimate of drug-likeness (QED) is 0.233. The summed E-state index contributed by atoms with van der Waals surface area (Å²) in [6, 6.07) is 19.9. The van der Waals surface area contributed by atoms with E-state index in [4.69, 9.17) is 27.9 Å². The van der Waals surface area contributed by atoms with Crippen LogP contribution in [0.4, 0.5) is 5.69 Å². The Labute approximate surface area is 264 Å².